The Bertz CT molecular complexity index is 441. The van der Waals surface area contributed by atoms with E-state index in [2.05, 4.69) is 5.32 Å². The maximum absolute atomic E-state index is 13.2. The lowest BCUT2D eigenvalue weighted by molar-refractivity contribution is 0.0940. The highest BCUT2D eigenvalue weighted by Gasteiger charge is 2.20. The van der Waals surface area contributed by atoms with Crippen LogP contribution in [-0.2, 0) is 0 Å². The van der Waals surface area contributed by atoms with Crippen molar-refractivity contribution in [2.45, 2.75) is 19.4 Å². The van der Waals surface area contributed by atoms with Gasteiger partial charge in [-0.1, -0.05) is 0 Å². The molecular formula is C11H13F3N2O. The molecule has 0 bridgehead atoms. The molecule has 0 aliphatic heterocycles. The van der Waals surface area contributed by atoms with Gasteiger partial charge in [0, 0.05) is 12.1 Å². The average molecular weight is 246 g/mol. The van der Waals surface area contributed by atoms with E-state index in [0.717, 1.165) is 6.07 Å². The Morgan fingerprint density at radius 2 is 1.88 bits per heavy atom. The highest BCUT2D eigenvalue weighted by Crippen LogP contribution is 2.15. The zero-order valence-electron chi connectivity index (χ0n) is 9.48. The lowest BCUT2D eigenvalue weighted by Gasteiger charge is -2.19. The van der Waals surface area contributed by atoms with E-state index < -0.39 is 34.5 Å². The Morgan fingerprint density at radius 3 is 2.41 bits per heavy atom. The average Bonchev–Trinajstić information content (AvgIpc) is 2.22. The summed E-state index contributed by atoms with van der Waals surface area (Å²) < 4.78 is 38.7. The lowest BCUT2D eigenvalue weighted by Crippen LogP contribution is -2.45. The van der Waals surface area contributed by atoms with Crippen LogP contribution in [-0.4, -0.2) is 18.0 Å². The summed E-state index contributed by atoms with van der Waals surface area (Å²) in [5.41, 5.74) is 4.39. The van der Waals surface area contributed by atoms with Crippen LogP contribution in [0.25, 0.3) is 0 Å². The van der Waals surface area contributed by atoms with Crippen molar-refractivity contribution in [1.29, 1.82) is 0 Å². The van der Waals surface area contributed by atoms with E-state index >= 15 is 0 Å². The molecule has 0 heterocycles. The minimum absolute atomic E-state index is 0.0876. The third-order valence-corrected chi connectivity index (χ3v) is 1.98. The largest absolute Gasteiger partial charge is 0.350 e. The molecule has 3 N–H and O–H groups in total. The molecule has 1 aromatic carbocycles. The summed E-state index contributed by atoms with van der Waals surface area (Å²) >= 11 is 0. The molecule has 0 atom stereocenters. The summed E-state index contributed by atoms with van der Waals surface area (Å²) in [6, 6.07) is 1.58. The molecule has 1 amide bonds. The highest BCUT2D eigenvalue weighted by molar-refractivity contribution is 5.94. The summed E-state index contributed by atoms with van der Waals surface area (Å²) in [6.45, 7) is 3.41. The molecule has 3 nitrogen and oxygen atoms in total. The van der Waals surface area contributed by atoms with Crippen LogP contribution in [0.15, 0.2) is 12.1 Å². The number of nitrogens with two attached hydrogens (primary N) is 1. The quantitative estimate of drug-likeness (QED) is 0.795. The van der Waals surface area contributed by atoms with E-state index in [1.54, 1.807) is 13.8 Å². The zero-order chi connectivity index (χ0) is 13.2. The molecule has 0 fully saturated rings. The topological polar surface area (TPSA) is 55.1 Å². The van der Waals surface area contributed by atoms with Gasteiger partial charge in [0.1, 0.15) is 0 Å². The fourth-order valence-electron chi connectivity index (χ4n) is 1.10. The number of amides is 1. The number of rotatable bonds is 3. The van der Waals surface area contributed by atoms with Gasteiger partial charge in [0.2, 0.25) is 0 Å². The third-order valence-electron chi connectivity index (χ3n) is 1.98. The van der Waals surface area contributed by atoms with Crippen LogP contribution < -0.4 is 11.1 Å². The Labute approximate surface area is 96.8 Å². The number of nitrogens with one attached hydrogen (secondary N) is 1. The molecule has 0 aliphatic rings. The molecule has 0 aromatic heterocycles. The second-order valence-electron chi connectivity index (χ2n) is 4.39. The molecule has 0 saturated heterocycles. The van der Waals surface area contributed by atoms with Gasteiger partial charge in [-0.25, -0.2) is 13.2 Å². The van der Waals surface area contributed by atoms with Gasteiger partial charge in [-0.2, -0.15) is 0 Å². The molecule has 94 valence electrons. The standard InChI is InChI=1S/C11H13F3N2O/c1-11(2,15)5-16-10(17)6-3-4-7(12)9(14)8(6)13/h3-4H,5,15H2,1-2H3,(H,16,17). The van der Waals surface area contributed by atoms with E-state index in [4.69, 9.17) is 5.73 Å². The van der Waals surface area contributed by atoms with Gasteiger partial charge in [-0.3, -0.25) is 4.79 Å². The van der Waals surface area contributed by atoms with Crippen molar-refractivity contribution in [3.63, 3.8) is 0 Å². The molecule has 1 aromatic rings. The van der Waals surface area contributed by atoms with E-state index in [0.29, 0.717) is 6.07 Å². The number of carbonyl (C=O) groups is 1. The fraction of sp³-hybridized carbons (Fsp3) is 0.364. The molecule has 0 unspecified atom stereocenters. The van der Waals surface area contributed by atoms with Gasteiger partial charge in [-0.15, -0.1) is 0 Å². The first-order chi connectivity index (χ1) is 7.72. The lowest BCUT2D eigenvalue weighted by atomic mass is 10.1. The van der Waals surface area contributed by atoms with Crippen LogP contribution in [0.3, 0.4) is 0 Å². The highest BCUT2D eigenvalue weighted by atomic mass is 19.2. The maximum atomic E-state index is 13.2. The molecular weight excluding hydrogens is 233 g/mol. The van der Waals surface area contributed by atoms with Crippen molar-refractivity contribution in [3.05, 3.63) is 35.1 Å². The van der Waals surface area contributed by atoms with Gasteiger partial charge in [-0.05, 0) is 26.0 Å². The number of halogens is 3. The molecule has 0 aliphatic carbocycles. The SMILES string of the molecule is CC(C)(N)CNC(=O)c1ccc(F)c(F)c1F. The smallest absolute Gasteiger partial charge is 0.254 e. The van der Waals surface area contributed by atoms with E-state index in [-0.39, 0.29) is 6.54 Å². The Hall–Kier alpha value is -1.56. The summed E-state index contributed by atoms with van der Waals surface area (Å²) in [7, 11) is 0. The second-order valence-corrected chi connectivity index (χ2v) is 4.39. The van der Waals surface area contributed by atoms with E-state index in [9.17, 15) is 18.0 Å². The summed E-state index contributed by atoms with van der Waals surface area (Å²) in [5.74, 6) is -5.33. The number of benzene rings is 1. The second kappa shape index (κ2) is 4.75. The third kappa shape index (κ3) is 3.45. The van der Waals surface area contributed by atoms with Gasteiger partial charge < -0.3 is 11.1 Å². The molecule has 0 saturated carbocycles. The number of hydrogen-bond donors (Lipinski definition) is 2. The van der Waals surface area contributed by atoms with E-state index in [1.807, 2.05) is 0 Å². The van der Waals surface area contributed by atoms with Gasteiger partial charge >= 0.3 is 0 Å². The van der Waals surface area contributed by atoms with Crippen molar-refractivity contribution in [3.8, 4) is 0 Å². The maximum Gasteiger partial charge on any atom is 0.254 e. The molecule has 0 radical (unpaired) electrons. The molecule has 6 heteroatoms. The predicted molar refractivity (Wildman–Crippen MR) is 56.9 cm³/mol. The van der Waals surface area contributed by atoms with Crippen LogP contribution in [0.1, 0.15) is 24.2 Å². The Kier molecular flexibility index (Phi) is 3.77. The van der Waals surface area contributed by atoms with Crippen LogP contribution in [0.4, 0.5) is 13.2 Å². The fourth-order valence-corrected chi connectivity index (χ4v) is 1.10. The van der Waals surface area contributed by atoms with Crippen LogP contribution in [0.5, 0.6) is 0 Å². The van der Waals surface area contributed by atoms with Crippen molar-refractivity contribution < 1.29 is 18.0 Å². The van der Waals surface area contributed by atoms with Gasteiger partial charge in [0.25, 0.3) is 5.91 Å². The van der Waals surface area contributed by atoms with Crippen LogP contribution in [0, 0.1) is 17.5 Å². The van der Waals surface area contributed by atoms with E-state index in [1.165, 1.54) is 0 Å². The Balaban J connectivity index is 2.87. The van der Waals surface area contributed by atoms with Crippen molar-refractivity contribution in [2.24, 2.45) is 5.73 Å². The molecule has 17 heavy (non-hydrogen) atoms. The van der Waals surface area contributed by atoms with Crippen molar-refractivity contribution in [1.82, 2.24) is 5.32 Å². The summed E-state index contributed by atoms with van der Waals surface area (Å²) in [4.78, 5) is 11.5. The van der Waals surface area contributed by atoms with Gasteiger partial charge in [0.15, 0.2) is 17.5 Å². The van der Waals surface area contributed by atoms with Crippen LogP contribution >= 0.6 is 0 Å². The predicted octanol–water partition coefficient (Wildman–Crippen LogP) is 1.57. The number of hydrogen-bond acceptors (Lipinski definition) is 2. The normalized spacial score (nSPS) is 11.4. The first-order valence-electron chi connectivity index (χ1n) is 4.93. The van der Waals surface area contributed by atoms with Crippen LogP contribution in [0.2, 0.25) is 0 Å². The molecule has 1 rings (SSSR count). The molecule has 0 spiro atoms. The van der Waals surface area contributed by atoms with Crippen molar-refractivity contribution >= 4 is 5.91 Å². The summed E-state index contributed by atoms with van der Waals surface area (Å²) in [5, 5.41) is 2.33. The monoisotopic (exact) mass is 246 g/mol. The first-order valence-corrected chi connectivity index (χ1v) is 4.93. The van der Waals surface area contributed by atoms with Gasteiger partial charge in [0.05, 0.1) is 5.56 Å². The zero-order valence-corrected chi connectivity index (χ0v) is 9.48. The first kappa shape index (κ1) is 13.5. The van der Waals surface area contributed by atoms with Crippen molar-refractivity contribution in [2.75, 3.05) is 6.54 Å². The summed E-state index contributed by atoms with van der Waals surface area (Å²) in [6.07, 6.45) is 0. The Morgan fingerprint density at radius 1 is 1.29 bits per heavy atom. The minimum atomic E-state index is -1.66. The number of carbonyl (C=O) groups excluding carboxylic acids is 1. The minimum Gasteiger partial charge on any atom is -0.350 e.